The highest BCUT2D eigenvalue weighted by molar-refractivity contribution is 6.25. The molecule has 1 nitrogen and oxygen atoms in total. The Kier molecular flexibility index (Phi) is 5.15. The maximum absolute atomic E-state index is 5.28. The molecule has 2 heteroatoms. The lowest BCUT2D eigenvalue weighted by atomic mass is 10.3. The molecule has 50 valence electrons. The van der Waals surface area contributed by atoms with Crippen LogP contribution in [0.15, 0.2) is 11.6 Å². The highest BCUT2D eigenvalue weighted by Crippen LogP contribution is 1.98. The summed E-state index contributed by atoms with van der Waals surface area (Å²) in [6, 6.07) is 0. The molecule has 0 saturated carbocycles. The third-order valence-corrected chi connectivity index (χ3v) is 1.05. The first-order chi connectivity index (χ1) is 4.35. The third-order valence-electron chi connectivity index (χ3n) is 0.909. The molecule has 0 aromatic rings. The van der Waals surface area contributed by atoms with Crippen LogP contribution in [0.3, 0.4) is 0 Å². The lowest BCUT2D eigenvalue weighted by Gasteiger charge is -2.04. The lowest BCUT2D eigenvalue weighted by molar-refractivity contribution is 0.208. The van der Waals surface area contributed by atoms with Gasteiger partial charge in [0.2, 0.25) is 0 Å². The van der Waals surface area contributed by atoms with Crippen LogP contribution in [-0.4, -0.2) is 6.10 Å². The summed E-state index contributed by atoms with van der Waals surface area (Å²) in [5, 5.41) is 0. The van der Waals surface area contributed by atoms with Crippen molar-refractivity contribution in [3.05, 3.63) is 11.6 Å². The summed E-state index contributed by atoms with van der Waals surface area (Å²) in [5.41, 5.74) is 1.41. The Balaban J connectivity index is 3.57. The molecule has 0 saturated heterocycles. The van der Waals surface area contributed by atoms with Gasteiger partial charge in [-0.05, 0) is 12.5 Å². The Hall–Kier alpha value is -0.610. The third kappa shape index (κ3) is 3.93. The van der Waals surface area contributed by atoms with Gasteiger partial charge in [0.1, 0.15) is 12.2 Å². The van der Waals surface area contributed by atoms with Crippen LogP contribution >= 0.6 is 11.6 Å². The van der Waals surface area contributed by atoms with Crippen LogP contribution in [0.25, 0.3) is 0 Å². The van der Waals surface area contributed by atoms with Crippen molar-refractivity contribution in [3.8, 4) is 12.5 Å². The number of halogens is 1. The smallest absolute Gasteiger partial charge is 0.129 e. The summed E-state index contributed by atoms with van der Waals surface area (Å²) in [7, 11) is 0. The van der Waals surface area contributed by atoms with E-state index < -0.39 is 0 Å². The normalized spacial score (nSPS) is 13.0. The molecule has 0 radical (unpaired) electrons. The molecule has 0 aromatic heterocycles. The Labute approximate surface area is 60.7 Å². The molecule has 0 bridgehead atoms. The van der Waals surface area contributed by atoms with Gasteiger partial charge in [-0.3, -0.25) is 0 Å². The number of terminal acetylenes is 1. The maximum atomic E-state index is 5.28. The first-order valence-electron chi connectivity index (χ1n) is 2.73. The Morgan fingerprint density at radius 1 is 1.89 bits per heavy atom. The van der Waals surface area contributed by atoms with Crippen molar-refractivity contribution in [1.29, 1.82) is 0 Å². The van der Waals surface area contributed by atoms with Crippen molar-refractivity contribution >= 4 is 11.6 Å². The van der Waals surface area contributed by atoms with Crippen LogP contribution in [0.4, 0.5) is 0 Å². The van der Waals surface area contributed by atoms with Gasteiger partial charge in [0.25, 0.3) is 0 Å². The molecule has 0 spiro atoms. The van der Waals surface area contributed by atoms with Crippen LogP contribution in [-0.2, 0) is 4.74 Å². The number of rotatable bonds is 3. The first-order valence-corrected chi connectivity index (χ1v) is 3.17. The van der Waals surface area contributed by atoms with E-state index in [1.165, 1.54) is 5.54 Å². The first kappa shape index (κ1) is 8.39. The van der Waals surface area contributed by atoms with E-state index >= 15 is 0 Å². The van der Waals surface area contributed by atoms with Crippen molar-refractivity contribution in [2.24, 2.45) is 0 Å². The van der Waals surface area contributed by atoms with E-state index in [0.717, 1.165) is 6.42 Å². The van der Waals surface area contributed by atoms with Crippen molar-refractivity contribution in [2.45, 2.75) is 19.4 Å². The molecule has 0 fully saturated rings. The molecule has 1 atom stereocenters. The summed E-state index contributed by atoms with van der Waals surface area (Å²) in [5.74, 6) is 0. The standard InChI is InChI=1S/C7H9ClO/c1-3-7(5-6-8)9-4-2/h2,5-7H,3H2,1H3. The van der Waals surface area contributed by atoms with Crippen LogP contribution in [0, 0.1) is 12.5 Å². The van der Waals surface area contributed by atoms with E-state index in [9.17, 15) is 0 Å². The molecule has 0 aliphatic carbocycles. The highest BCUT2D eigenvalue weighted by atomic mass is 35.5. The zero-order valence-electron chi connectivity index (χ0n) is 5.30. The summed E-state index contributed by atoms with van der Waals surface area (Å²) < 4.78 is 4.79. The van der Waals surface area contributed by atoms with Gasteiger partial charge in [-0.2, -0.15) is 0 Å². The lowest BCUT2D eigenvalue weighted by Crippen LogP contribution is -2.02. The van der Waals surface area contributed by atoms with E-state index in [1.807, 2.05) is 6.92 Å². The molecule has 0 heterocycles. The number of ether oxygens (including phenoxy) is 1. The molecule has 9 heavy (non-hydrogen) atoms. The van der Waals surface area contributed by atoms with Gasteiger partial charge in [-0.1, -0.05) is 24.9 Å². The molecular weight excluding hydrogens is 136 g/mol. The zero-order valence-corrected chi connectivity index (χ0v) is 6.06. The topological polar surface area (TPSA) is 9.23 Å². The average Bonchev–Trinajstić information content (AvgIpc) is 1.88. The molecule has 1 unspecified atom stereocenters. The molecular formula is C7H9ClO. The Morgan fingerprint density at radius 2 is 2.56 bits per heavy atom. The summed E-state index contributed by atoms with van der Waals surface area (Å²) in [6.45, 7) is 1.97. The fourth-order valence-electron chi connectivity index (χ4n) is 0.427. The summed E-state index contributed by atoms with van der Waals surface area (Å²) in [6.07, 6.45) is 9.50. The average molecular weight is 145 g/mol. The van der Waals surface area contributed by atoms with E-state index in [0.29, 0.717) is 0 Å². The molecule has 0 aliphatic heterocycles. The van der Waals surface area contributed by atoms with E-state index in [2.05, 4.69) is 6.11 Å². The largest absolute Gasteiger partial charge is 0.439 e. The summed E-state index contributed by atoms with van der Waals surface area (Å²) >= 11 is 5.28. The van der Waals surface area contributed by atoms with Crippen molar-refractivity contribution in [2.75, 3.05) is 0 Å². The van der Waals surface area contributed by atoms with Gasteiger partial charge in [-0.15, -0.1) is 0 Å². The van der Waals surface area contributed by atoms with Gasteiger partial charge >= 0.3 is 0 Å². The quantitative estimate of drug-likeness (QED) is 0.552. The predicted octanol–water partition coefficient (Wildman–Crippen LogP) is 2.12. The fourth-order valence-corrected chi connectivity index (χ4v) is 0.589. The predicted molar refractivity (Wildman–Crippen MR) is 39.0 cm³/mol. The molecule has 0 N–H and O–H groups in total. The summed E-state index contributed by atoms with van der Waals surface area (Å²) in [4.78, 5) is 0. The van der Waals surface area contributed by atoms with Crippen LogP contribution in [0.5, 0.6) is 0 Å². The number of hydrogen-bond donors (Lipinski definition) is 0. The minimum Gasteiger partial charge on any atom is -0.439 e. The van der Waals surface area contributed by atoms with E-state index in [1.54, 1.807) is 6.08 Å². The fraction of sp³-hybridized carbons (Fsp3) is 0.429. The van der Waals surface area contributed by atoms with Gasteiger partial charge in [0.05, 0.1) is 0 Å². The second kappa shape index (κ2) is 5.53. The highest BCUT2D eigenvalue weighted by Gasteiger charge is 1.97. The Bertz CT molecular complexity index is 123. The molecule has 0 aromatic carbocycles. The van der Waals surface area contributed by atoms with Gasteiger partial charge < -0.3 is 4.74 Å². The van der Waals surface area contributed by atoms with Gasteiger partial charge in [-0.25, -0.2) is 0 Å². The second-order valence-corrected chi connectivity index (χ2v) is 1.75. The zero-order chi connectivity index (χ0) is 7.11. The SMILES string of the molecule is C#COC(C=CCl)CC. The number of hydrogen-bond acceptors (Lipinski definition) is 1. The van der Waals surface area contributed by atoms with Gasteiger partial charge in [0, 0.05) is 5.54 Å². The van der Waals surface area contributed by atoms with Crippen LogP contribution in [0.1, 0.15) is 13.3 Å². The van der Waals surface area contributed by atoms with Crippen molar-refractivity contribution in [1.82, 2.24) is 0 Å². The maximum Gasteiger partial charge on any atom is 0.129 e. The van der Waals surface area contributed by atoms with Gasteiger partial charge in [0.15, 0.2) is 0 Å². The Morgan fingerprint density at radius 3 is 2.89 bits per heavy atom. The minimum absolute atomic E-state index is 0.0347. The minimum atomic E-state index is -0.0347. The van der Waals surface area contributed by atoms with E-state index in [-0.39, 0.29) is 6.10 Å². The molecule has 0 rings (SSSR count). The van der Waals surface area contributed by atoms with E-state index in [4.69, 9.17) is 22.8 Å². The van der Waals surface area contributed by atoms with Crippen LogP contribution in [0.2, 0.25) is 0 Å². The van der Waals surface area contributed by atoms with Crippen molar-refractivity contribution < 1.29 is 4.74 Å². The second-order valence-electron chi connectivity index (χ2n) is 1.50. The molecule has 0 amide bonds. The van der Waals surface area contributed by atoms with Crippen LogP contribution < -0.4 is 0 Å². The van der Waals surface area contributed by atoms with Crippen molar-refractivity contribution in [3.63, 3.8) is 0 Å². The molecule has 0 aliphatic rings. The monoisotopic (exact) mass is 144 g/mol.